The zero-order valence-corrected chi connectivity index (χ0v) is 10.3. The lowest BCUT2D eigenvalue weighted by Gasteiger charge is -2.09. The Kier molecular flexibility index (Phi) is 3.03. The number of aryl methyl sites for hydroxylation is 2. The topological polar surface area (TPSA) is 38.9 Å². The van der Waals surface area contributed by atoms with Crippen molar-refractivity contribution < 1.29 is 4.39 Å². The van der Waals surface area contributed by atoms with E-state index in [1.54, 1.807) is 12.1 Å². The quantitative estimate of drug-likeness (QED) is 0.619. The number of pyridine rings is 1. The molecule has 0 bridgehead atoms. The first kappa shape index (κ1) is 11.9. The van der Waals surface area contributed by atoms with Gasteiger partial charge in [0.05, 0.1) is 5.69 Å². The third kappa shape index (κ3) is 2.39. The molecule has 0 radical (unpaired) electrons. The van der Waals surface area contributed by atoms with Crippen LogP contribution in [0.1, 0.15) is 11.3 Å². The zero-order valence-electron chi connectivity index (χ0n) is 9.59. The second kappa shape index (κ2) is 4.34. The van der Waals surface area contributed by atoms with Crippen LogP contribution in [0.15, 0.2) is 24.3 Å². The predicted molar refractivity (Wildman–Crippen MR) is 68.5 cm³/mol. The van der Waals surface area contributed by atoms with E-state index in [1.165, 1.54) is 6.07 Å². The first-order chi connectivity index (χ1) is 7.97. The van der Waals surface area contributed by atoms with E-state index >= 15 is 0 Å². The van der Waals surface area contributed by atoms with Crippen molar-refractivity contribution in [3.8, 4) is 11.1 Å². The van der Waals surface area contributed by atoms with Crippen molar-refractivity contribution >= 4 is 17.3 Å². The van der Waals surface area contributed by atoms with Crippen molar-refractivity contribution in [3.05, 3.63) is 46.5 Å². The monoisotopic (exact) mass is 250 g/mol. The highest BCUT2D eigenvalue weighted by Gasteiger charge is 2.08. The van der Waals surface area contributed by atoms with Crippen LogP contribution < -0.4 is 5.73 Å². The summed E-state index contributed by atoms with van der Waals surface area (Å²) in [5.41, 5.74) is 9.11. The smallest absolute Gasteiger partial charge is 0.146 e. The molecular formula is C13H12ClFN2. The van der Waals surface area contributed by atoms with E-state index in [9.17, 15) is 4.39 Å². The van der Waals surface area contributed by atoms with Gasteiger partial charge in [-0.25, -0.2) is 9.37 Å². The van der Waals surface area contributed by atoms with Crippen molar-refractivity contribution in [1.82, 2.24) is 4.98 Å². The number of nitrogens with two attached hydrogens (primary N) is 1. The molecule has 0 spiro atoms. The first-order valence-electron chi connectivity index (χ1n) is 5.17. The maximum atomic E-state index is 13.3. The van der Waals surface area contributed by atoms with E-state index in [2.05, 4.69) is 4.98 Å². The summed E-state index contributed by atoms with van der Waals surface area (Å²) >= 11 is 5.91. The standard InChI is InChI=1S/C13H12ClFN2/c1-7-3-11(15)12(16)6-10(7)9-4-8(2)17-13(14)5-9/h3-6H,16H2,1-2H3. The van der Waals surface area contributed by atoms with Gasteiger partial charge in [-0.1, -0.05) is 11.6 Å². The van der Waals surface area contributed by atoms with Crippen molar-refractivity contribution in [2.75, 3.05) is 5.73 Å². The molecule has 4 heteroatoms. The predicted octanol–water partition coefficient (Wildman–Crippen LogP) is 3.74. The lowest BCUT2D eigenvalue weighted by atomic mass is 10.00. The second-order valence-electron chi connectivity index (χ2n) is 4.01. The number of benzene rings is 1. The summed E-state index contributed by atoms with van der Waals surface area (Å²) in [7, 11) is 0. The normalized spacial score (nSPS) is 10.6. The van der Waals surface area contributed by atoms with Gasteiger partial charge in [-0.3, -0.25) is 0 Å². The third-order valence-electron chi connectivity index (χ3n) is 2.58. The largest absolute Gasteiger partial charge is 0.396 e. The van der Waals surface area contributed by atoms with Gasteiger partial charge in [-0.05, 0) is 54.8 Å². The average Bonchev–Trinajstić information content (AvgIpc) is 2.22. The third-order valence-corrected chi connectivity index (χ3v) is 2.77. The van der Waals surface area contributed by atoms with Gasteiger partial charge < -0.3 is 5.73 Å². The molecule has 2 N–H and O–H groups in total. The Morgan fingerprint density at radius 1 is 1.18 bits per heavy atom. The minimum atomic E-state index is -0.400. The fraction of sp³-hybridized carbons (Fsp3) is 0.154. The van der Waals surface area contributed by atoms with E-state index in [4.69, 9.17) is 17.3 Å². The summed E-state index contributed by atoms with van der Waals surface area (Å²) in [6.45, 7) is 3.69. The van der Waals surface area contributed by atoms with Crippen LogP contribution in [-0.2, 0) is 0 Å². The molecule has 0 saturated carbocycles. The molecule has 88 valence electrons. The fourth-order valence-electron chi connectivity index (χ4n) is 1.78. The summed E-state index contributed by atoms with van der Waals surface area (Å²) in [5, 5.41) is 0.419. The minimum Gasteiger partial charge on any atom is -0.396 e. The molecule has 0 saturated heterocycles. The molecule has 0 fully saturated rings. The lowest BCUT2D eigenvalue weighted by molar-refractivity contribution is 0.631. The molecule has 1 heterocycles. The van der Waals surface area contributed by atoms with Crippen LogP contribution >= 0.6 is 11.6 Å². The number of nitrogens with zero attached hydrogens (tertiary/aromatic N) is 1. The summed E-state index contributed by atoms with van der Waals surface area (Å²) in [4.78, 5) is 4.09. The van der Waals surface area contributed by atoms with Crippen molar-refractivity contribution in [2.24, 2.45) is 0 Å². The van der Waals surface area contributed by atoms with E-state index in [1.807, 2.05) is 19.9 Å². The number of rotatable bonds is 1. The SMILES string of the molecule is Cc1cc(-c2cc(N)c(F)cc2C)cc(Cl)n1. The molecule has 0 atom stereocenters. The Balaban J connectivity index is 2.64. The van der Waals surface area contributed by atoms with Crippen LogP contribution in [0.4, 0.5) is 10.1 Å². The number of halogens is 2. The first-order valence-corrected chi connectivity index (χ1v) is 5.55. The minimum absolute atomic E-state index is 0.135. The van der Waals surface area contributed by atoms with E-state index in [0.717, 1.165) is 22.4 Å². The van der Waals surface area contributed by atoms with Gasteiger partial charge in [0.1, 0.15) is 11.0 Å². The number of hydrogen-bond acceptors (Lipinski definition) is 2. The van der Waals surface area contributed by atoms with Crippen molar-refractivity contribution in [1.29, 1.82) is 0 Å². The van der Waals surface area contributed by atoms with E-state index in [0.29, 0.717) is 5.15 Å². The molecule has 0 aliphatic carbocycles. The van der Waals surface area contributed by atoms with Crippen molar-refractivity contribution in [2.45, 2.75) is 13.8 Å². The van der Waals surface area contributed by atoms with Crippen molar-refractivity contribution in [3.63, 3.8) is 0 Å². The maximum Gasteiger partial charge on any atom is 0.146 e. The molecule has 17 heavy (non-hydrogen) atoms. The van der Waals surface area contributed by atoms with Gasteiger partial charge in [0, 0.05) is 5.69 Å². The molecule has 2 aromatic rings. The number of anilines is 1. The van der Waals surface area contributed by atoms with Gasteiger partial charge in [0.2, 0.25) is 0 Å². The van der Waals surface area contributed by atoms with Crippen LogP contribution in [0, 0.1) is 19.7 Å². The molecule has 0 amide bonds. The van der Waals surface area contributed by atoms with Gasteiger partial charge in [0.25, 0.3) is 0 Å². The molecule has 0 unspecified atom stereocenters. The Bertz CT molecular complexity index is 562. The fourth-order valence-corrected chi connectivity index (χ4v) is 2.03. The van der Waals surface area contributed by atoms with Gasteiger partial charge in [0.15, 0.2) is 0 Å². The molecular weight excluding hydrogens is 239 g/mol. The maximum absolute atomic E-state index is 13.3. The Hall–Kier alpha value is -1.61. The zero-order chi connectivity index (χ0) is 12.6. The molecule has 2 rings (SSSR count). The highest BCUT2D eigenvalue weighted by atomic mass is 35.5. The van der Waals surface area contributed by atoms with Crippen LogP contribution in [0.25, 0.3) is 11.1 Å². The highest BCUT2D eigenvalue weighted by molar-refractivity contribution is 6.29. The summed E-state index contributed by atoms with van der Waals surface area (Å²) in [6, 6.07) is 6.68. The van der Waals surface area contributed by atoms with E-state index < -0.39 is 5.82 Å². The lowest BCUT2D eigenvalue weighted by Crippen LogP contribution is -1.95. The van der Waals surface area contributed by atoms with Gasteiger partial charge >= 0.3 is 0 Å². The molecule has 0 aliphatic rings. The molecule has 1 aromatic heterocycles. The van der Waals surface area contributed by atoms with Gasteiger partial charge in [-0.15, -0.1) is 0 Å². The Morgan fingerprint density at radius 3 is 2.53 bits per heavy atom. The number of aromatic nitrogens is 1. The summed E-state index contributed by atoms with van der Waals surface area (Å²) in [6.07, 6.45) is 0. The van der Waals surface area contributed by atoms with Crippen LogP contribution in [0.3, 0.4) is 0 Å². The molecule has 0 aliphatic heterocycles. The highest BCUT2D eigenvalue weighted by Crippen LogP contribution is 2.29. The second-order valence-corrected chi connectivity index (χ2v) is 4.40. The van der Waals surface area contributed by atoms with Gasteiger partial charge in [-0.2, -0.15) is 0 Å². The summed E-state index contributed by atoms with van der Waals surface area (Å²) < 4.78 is 13.3. The molecule has 1 aromatic carbocycles. The van der Waals surface area contributed by atoms with Crippen LogP contribution in [0.5, 0.6) is 0 Å². The summed E-state index contributed by atoms with van der Waals surface area (Å²) in [5.74, 6) is -0.400. The van der Waals surface area contributed by atoms with Crippen LogP contribution in [-0.4, -0.2) is 4.98 Å². The Morgan fingerprint density at radius 2 is 1.88 bits per heavy atom. The van der Waals surface area contributed by atoms with Crippen LogP contribution in [0.2, 0.25) is 5.15 Å². The average molecular weight is 251 g/mol. The number of nitrogen functional groups attached to an aromatic ring is 1. The number of hydrogen-bond donors (Lipinski definition) is 1. The Labute approximate surface area is 104 Å². The van der Waals surface area contributed by atoms with E-state index in [-0.39, 0.29) is 5.69 Å². The molecule has 2 nitrogen and oxygen atoms in total.